The molecule has 1 aromatic carbocycles. The van der Waals surface area contributed by atoms with Gasteiger partial charge in [0.15, 0.2) is 11.6 Å². The van der Waals surface area contributed by atoms with Gasteiger partial charge in [-0.1, -0.05) is 6.07 Å². The minimum atomic E-state index is -0.271. The number of nitrogens with one attached hydrogen (secondary N) is 1. The van der Waals surface area contributed by atoms with Gasteiger partial charge in [0, 0.05) is 31.7 Å². The highest BCUT2D eigenvalue weighted by molar-refractivity contribution is 5.29. The van der Waals surface area contributed by atoms with E-state index in [1.807, 2.05) is 6.07 Å². The molecular weight excluding hydrogens is 243 g/mol. The summed E-state index contributed by atoms with van der Waals surface area (Å²) >= 11 is 0. The van der Waals surface area contributed by atoms with E-state index in [0.29, 0.717) is 11.8 Å². The Morgan fingerprint density at radius 2 is 2.16 bits per heavy atom. The first kappa shape index (κ1) is 12.9. The maximum atomic E-state index is 13.6. The number of hydrogen-bond donors (Lipinski definition) is 1. The minimum Gasteiger partial charge on any atom is -0.494 e. The van der Waals surface area contributed by atoms with E-state index in [2.05, 4.69) is 10.2 Å². The van der Waals surface area contributed by atoms with Crippen molar-refractivity contribution in [1.29, 1.82) is 0 Å². The summed E-state index contributed by atoms with van der Waals surface area (Å²) in [5.41, 5.74) is 1.02. The summed E-state index contributed by atoms with van der Waals surface area (Å²) in [4.78, 5) is 2.39. The molecule has 0 bridgehead atoms. The molecule has 0 amide bonds. The first-order valence-electron chi connectivity index (χ1n) is 7.05. The number of methoxy groups -OCH3 is 1. The minimum absolute atomic E-state index is 0.271. The number of likely N-dealkylation sites (tertiary alicyclic amines) is 1. The maximum absolute atomic E-state index is 13.6. The Morgan fingerprint density at radius 1 is 1.32 bits per heavy atom. The molecule has 1 unspecified atom stereocenters. The molecule has 0 aromatic heterocycles. The van der Waals surface area contributed by atoms with Gasteiger partial charge < -0.3 is 10.1 Å². The molecule has 0 spiro atoms. The lowest BCUT2D eigenvalue weighted by molar-refractivity contribution is 0.318. The van der Waals surface area contributed by atoms with E-state index < -0.39 is 0 Å². The highest BCUT2D eigenvalue weighted by Gasteiger charge is 2.29. The zero-order valence-electron chi connectivity index (χ0n) is 11.4. The summed E-state index contributed by atoms with van der Waals surface area (Å²) in [6.07, 6.45) is 3.87. The van der Waals surface area contributed by atoms with Gasteiger partial charge in [-0.05, 0) is 37.0 Å². The van der Waals surface area contributed by atoms with E-state index in [9.17, 15) is 4.39 Å². The summed E-state index contributed by atoms with van der Waals surface area (Å²) in [5, 5.41) is 3.66. The van der Waals surface area contributed by atoms with Crippen molar-refractivity contribution in [3.63, 3.8) is 0 Å². The van der Waals surface area contributed by atoms with Crippen molar-refractivity contribution in [1.82, 2.24) is 10.2 Å². The number of halogens is 1. The van der Waals surface area contributed by atoms with Gasteiger partial charge >= 0.3 is 0 Å². The first-order valence-corrected chi connectivity index (χ1v) is 7.05. The van der Waals surface area contributed by atoms with Crippen LogP contribution in [-0.4, -0.2) is 37.2 Å². The molecule has 4 heteroatoms. The Hall–Kier alpha value is -1.13. The van der Waals surface area contributed by atoms with Crippen molar-refractivity contribution in [2.24, 2.45) is 0 Å². The zero-order valence-corrected chi connectivity index (χ0v) is 11.4. The number of ether oxygens (including phenoxy) is 1. The molecule has 0 radical (unpaired) electrons. The first-order chi connectivity index (χ1) is 9.24. The summed E-state index contributed by atoms with van der Waals surface area (Å²) in [6.45, 7) is 2.99. The summed E-state index contributed by atoms with van der Waals surface area (Å²) in [5.74, 6) is 0.0466. The van der Waals surface area contributed by atoms with Crippen molar-refractivity contribution < 1.29 is 9.13 Å². The van der Waals surface area contributed by atoms with Gasteiger partial charge in [0.05, 0.1) is 7.11 Å². The Balaban J connectivity index is 1.54. The number of rotatable bonds is 5. The molecule has 1 saturated heterocycles. The summed E-state index contributed by atoms with van der Waals surface area (Å²) in [7, 11) is 1.49. The number of nitrogens with zero attached hydrogens (tertiary/aromatic N) is 1. The molecule has 1 aromatic rings. The van der Waals surface area contributed by atoms with Gasteiger partial charge in [0.2, 0.25) is 0 Å². The third-order valence-corrected chi connectivity index (χ3v) is 3.94. The van der Waals surface area contributed by atoms with Crippen LogP contribution < -0.4 is 10.1 Å². The Bertz CT molecular complexity index is 448. The van der Waals surface area contributed by atoms with E-state index in [1.54, 1.807) is 12.1 Å². The van der Waals surface area contributed by atoms with Crippen LogP contribution in [0.3, 0.4) is 0 Å². The van der Waals surface area contributed by atoms with Crippen LogP contribution in [0.2, 0.25) is 0 Å². The van der Waals surface area contributed by atoms with E-state index in [-0.39, 0.29) is 5.82 Å². The fourth-order valence-corrected chi connectivity index (χ4v) is 2.76. The van der Waals surface area contributed by atoms with Crippen LogP contribution >= 0.6 is 0 Å². The average Bonchev–Trinajstić information content (AvgIpc) is 3.09. The predicted octanol–water partition coefficient (Wildman–Crippen LogP) is 2.16. The van der Waals surface area contributed by atoms with Crippen LogP contribution in [-0.2, 0) is 6.54 Å². The predicted molar refractivity (Wildman–Crippen MR) is 72.8 cm³/mol. The monoisotopic (exact) mass is 264 g/mol. The van der Waals surface area contributed by atoms with E-state index >= 15 is 0 Å². The molecule has 1 aliphatic carbocycles. The van der Waals surface area contributed by atoms with E-state index in [4.69, 9.17) is 4.74 Å². The Labute approximate surface area is 113 Å². The third kappa shape index (κ3) is 3.25. The van der Waals surface area contributed by atoms with Crippen LogP contribution in [0.5, 0.6) is 5.75 Å². The molecule has 1 saturated carbocycles. The lowest BCUT2D eigenvalue weighted by Crippen LogP contribution is -2.33. The highest BCUT2D eigenvalue weighted by atomic mass is 19.1. The van der Waals surface area contributed by atoms with Crippen molar-refractivity contribution in [3.05, 3.63) is 29.6 Å². The molecule has 2 aliphatic rings. The van der Waals surface area contributed by atoms with E-state index in [0.717, 1.165) is 31.2 Å². The van der Waals surface area contributed by atoms with E-state index in [1.165, 1.54) is 26.4 Å². The second-order valence-corrected chi connectivity index (χ2v) is 5.63. The van der Waals surface area contributed by atoms with Gasteiger partial charge in [-0.3, -0.25) is 4.90 Å². The van der Waals surface area contributed by atoms with Gasteiger partial charge in [-0.2, -0.15) is 0 Å². The van der Waals surface area contributed by atoms with Crippen LogP contribution in [0.25, 0.3) is 0 Å². The zero-order chi connectivity index (χ0) is 13.2. The fraction of sp³-hybridized carbons (Fsp3) is 0.600. The Kier molecular flexibility index (Phi) is 3.71. The SMILES string of the molecule is COc1ccc(CN2CCC(NC3CC3)C2)cc1F. The van der Waals surface area contributed by atoms with Crippen LogP contribution in [0, 0.1) is 5.82 Å². The smallest absolute Gasteiger partial charge is 0.165 e. The summed E-state index contributed by atoms with van der Waals surface area (Å²) in [6, 6.07) is 6.63. The molecule has 1 heterocycles. The van der Waals surface area contributed by atoms with Crippen LogP contribution in [0.4, 0.5) is 4.39 Å². The lowest BCUT2D eigenvalue weighted by Gasteiger charge is -2.17. The van der Waals surface area contributed by atoms with Crippen molar-refractivity contribution in [3.8, 4) is 5.75 Å². The lowest BCUT2D eigenvalue weighted by atomic mass is 10.2. The maximum Gasteiger partial charge on any atom is 0.165 e. The van der Waals surface area contributed by atoms with Gasteiger partial charge in [0.25, 0.3) is 0 Å². The Morgan fingerprint density at radius 3 is 2.84 bits per heavy atom. The highest BCUT2D eigenvalue weighted by Crippen LogP contribution is 2.23. The average molecular weight is 264 g/mol. The second-order valence-electron chi connectivity index (χ2n) is 5.63. The molecule has 3 nitrogen and oxygen atoms in total. The van der Waals surface area contributed by atoms with Crippen molar-refractivity contribution in [2.75, 3.05) is 20.2 Å². The van der Waals surface area contributed by atoms with Gasteiger partial charge in [-0.15, -0.1) is 0 Å². The largest absolute Gasteiger partial charge is 0.494 e. The number of hydrogen-bond acceptors (Lipinski definition) is 3. The topological polar surface area (TPSA) is 24.5 Å². The molecule has 3 rings (SSSR count). The quantitative estimate of drug-likeness (QED) is 0.882. The molecule has 19 heavy (non-hydrogen) atoms. The molecule has 1 aliphatic heterocycles. The fourth-order valence-electron chi connectivity index (χ4n) is 2.76. The number of benzene rings is 1. The molecule has 104 valence electrons. The summed E-state index contributed by atoms with van der Waals surface area (Å²) < 4.78 is 18.6. The van der Waals surface area contributed by atoms with Crippen LogP contribution in [0.15, 0.2) is 18.2 Å². The van der Waals surface area contributed by atoms with Gasteiger partial charge in [0.1, 0.15) is 0 Å². The molecule has 2 fully saturated rings. The molecular formula is C15H21FN2O. The van der Waals surface area contributed by atoms with Crippen molar-refractivity contribution >= 4 is 0 Å². The molecule has 1 N–H and O–H groups in total. The normalized spacial score (nSPS) is 23.8. The third-order valence-electron chi connectivity index (χ3n) is 3.94. The van der Waals surface area contributed by atoms with Crippen LogP contribution in [0.1, 0.15) is 24.8 Å². The van der Waals surface area contributed by atoms with Crippen molar-refractivity contribution in [2.45, 2.75) is 37.9 Å². The second kappa shape index (κ2) is 5.47. The molecule has 1 atom stereocenters. The standard InChI is InChI=1S/C15H21FN2O/c1-19-15-5-2-11(8-14(15)16)9-18-7-6-13(10-18)17-12-3-4-12/h2,5,8,12-13,17H,3-4,6-7,9-10H2,1H3. The van der Waals surface area contributed by atoms with Gasteiger partial charge in [-0.25, -0.2) is 4.39 Å².